The molecular formula is C16H15BrN2O2S. The van der Waals surface area contributed by atoms with Crippen LogP contribution in [-0.2, 0) is 6.54 Å². The van der Waals surface area contributed by atoms with Gasteiger partial charge in [0.25, 0.3) is 5.91 Å². The number of halogens is 1. The topological polar surface area (TPSA) is 63.4 Å². The highest BCUT2D eigenvalue weighted by Gasteiger charge is 2.33. The maximum atomic E-state index is 12.7. The zero-order valence-corrected chi connectivity index (χ0v) is 14.2. The second-order valence-electron chi connectivity index (χ2n) is 5.33. The third-order valence-electron chi connectivity index (χ3n) is 3.62. The first-order chi connectivity index (χ1) is 10.5. The molecule has 1 aliphatic carbocycles. The first-order valence-corrected chi connectivity index (χ1v) is 8.60. The summed E-state index contributed by atoms with van der Waals surface area (Å²) in [6.07, 6.45) is 2.11. The van der Waals surface area contributed by atoms with Gasteiger partial charge in [-0.25, -0.2) is 0 Å². The molecule has 1 fully saturated rings. The van der Waals surface area contributed by atoms with E-state index < -0.39 is 5.91 Å². The van der Waals surface area contributed by atoms with Gasteiger partial charge in [-0.3, -0.25) is 9.59 Å². The van der Waals surface area contributed by atoms with E-state index in [0.717, 1.165) is 27.1 Å². The molecule has 3 rings (SSSR count). The van der Waals surface area contributed by atoms with Crippen molar-refractivity contribution in [2.45, 2.75) is 25.4 Å². The predicted octanol–water partition coefficient (Wildman–Crippen LogP) is 3.41. The second-order valence-corrected chi connectivity index (χ2v) is 7.79. The number of nitrogens with zero attached hydrogens (tertiary/aromatic N) is 1. The van der Waals surface area contributed by atoms with Gasteiger partial charge in [-0.15, -0.1) is 11.3 Å². The lowest BCUT2D eigenvalue weighted by molar-refractivity contribution is 0.0734. The Morgan fingerprint density at radius 2 is 1.86 bits per heavy atom. The van der Waals surface area contributed by atoms with Crippen LogP contribution in [0.5, 0.6) is 0 Å². The summed E-state index contributed by atoms with van der Waals surface area (Å²) in [7, 11) is 0. The number of amides is 2. The van der Waals surface area contributed by atoms with Crippen molar-refractivity contribution in [3.8, 4) is 0 Å². The summed E-state index contributed by atoms with van der Waals surface area (Å²) >= 11 is 4.85. The molecule has 1 aromatic carbocycles. The molecule has 2 amide bonds. The quantitative estimate of drug-likeness (QED) is 0.865. The Hall–Kier alpha value is -1.66. The summed E-state index contributed by atoms with van der Waals surface area (Å²) in [4.78, 5) is 26.4. The first-order valence-electron chi connectivity index (χ1n) is 6.99. The molecule has 0 aliphatic heterocycles. The predicted molar refractivity (Wildman–Crippen MR) is 89.9 cm³/mol. The molecule has 0 unspecified atom stereocenters. The molecule has 114 valence electrons. The first kappa shape index (κ1) is 15.2. The van der Waals surface area contributed by atoms with Crippen LogP contribution < -0.4 is 5.73 Å². The number of benzene rings is 1. The largest absolute Gasteiger partial charge is 0.366 e. The average molecular weight is 379 g/mol. The van der Waals surface area contributed by atoms with Gasteiger partial charge in [0.15, 0.2) is 0 Å². The van der Waals surface area contributed by atoms with Crippen LogP contribution in [-0.4, -0.2) is 22.8 Å². The highest BCUT2D eigenvalue weighted by atomic mass is 79.9. The van der Waals surface area contributed by atoms with Crippen LogP contribution in [0.3, 0.4) is 0 Å². The Morgan fingerprint density at radius 3 is 2.36 bits per heavy atom. The van der Waals surface area contributed by atoms with E-state index in [-0.39, 0.29) is 5.91 Å². The Bertz CT molecular complexity index is 707. The lowest BCUT2D eigenvalue weighted by Crippen LogP contribution is -2.32. The van der Waals surface area contributed by atoms with Gasteiger partial charge < -0.3 is 10.6 Å². The van der Waals surface area contributed by atoms with E-state index in [1.807, 2.05) is 29.2 Å². The molecule has 1 saturated carbocycles. The number of carbonyl (C=O) groups excluding carboxylic acids is 2. The van der Waals surface area contributed by atoms with Crippen LogP contribution in [0.25, 0.3) is 0 Å². The molecule has 0 atom stereocenters. The number of primary amides is 1. The number of hydrogen-bond donors (Lipinski definition) is 1. The average Bonchev–Trinajstić information content (AvgIpc) is 3.25. The van der Waals surface area contributed by atoms with Gasteiger partial charge in [0.2, 0.25) is 5.91 Å². The lowest BCUT2D eigenvalue weighted by atomic mass is 10.1. The monoisotopic (exact) mass is 378 g/mol. The third-order valence-corrected chi connectivity index (χ3v) is 5.24. The summed E-state index contributed by atoms with van der Waals surface area (Å²) < 4.78 is 0.956. The van der Waals surface area contributed by atoms with E-state index >= 15 is 0 Å². The van der Waals surface area contributed by atoms with Crippen LogP contribution in [0.15, 0.2) is 40.2 Å². The molecule has 1 heterocycles. The molecule has 1 aromatic heterocycles. The maximum absolute atomic E-state index is 12.7. The zero-order valence-electron chi connectivity index (χ0n) is 11.8. The molecule has 0 radical (unpaired) electrons. The minimum Gasteiger partial charge on any atom is -0.366 e. The molecule has 0 saturated heterocycles. The molecule has 2 N–H and O–H groups in total. The minimum atomic E-state index is -0.440. The number of rotatable bonds is 5. The van der Waals surface area contributed by atoms with E-state index in [2.05, 4.69) is 15.9 Å². The summed E-state index contributed by atoms with van der Waals surface area (Å²) in [6.45, 7) is 0.554. The summed E-state index contributed by atoms with van der Waals surface area (Å²) in [5, 5.41) is 0. The van der Waals surface area contributed by atoms with Gasteiger partial charge in [-0.1, -0.05) is 12.1 Å². The highest BCUT2D eigenvalue weighted by molar-refractivity contribution is 9.11. The summed E-state index contributed by atoms with van der Waals surface area (Å²) in [5.41, 5.74) is 6.73. The van der Waals surface area contributed by atoms with E-state index in [1.165, 1.54) is 11.3 Å². The van der Waals surface area contributed by atoms with E-state index in [0.29, 0.717) is 18.2 Å². The fourth-order valence-electron chi connectivity index (χ4n) is 2.29. The fourth-order valence-corrected chi connectivity index (χ4v) is 3.64. The molecule has 2 aromatic rings. The summed E-state index contributed by atoms with van der Waals surface area (Å²) in [5.74, 6) is -0.373. The van der Waals surface area contributed by atoms with Crippen molar-refractivity contribution in [3.63, 3.8) is 0 Å². The van der Waals surface area contributed by atoms with Crippen molar-refractivity contribution >= 4 is 39.1 Å². The van der Waals surface area contributed by atoms with Gasteiger partial charge in [-0.05, 0) is 58.6 Å². The Morgan fingerprint density at radius 1 is 1.18 bits per heavy atom. The molecule has 6 heteroatoms. The standard InChI is InChI=1S/C16H15BrN2O2S/c17-14-8-7-13(22-14)16(21)19(12-5-6-12)9-10-1-3-11(4-2-10)15(18)20/h1-4,7-8,12H,5-6,9H2,(H2,18,20). The lowest BCUT2D eigenvalue weighted by Gasteiger charge is -2.22. The van der Waals surface area contributed by atoms with Crippen molar-refractivity contribution in [1.82, 2.24) is 4.90 Å². The Kier molecular flexibility index (Phi) is 4.31. The van der Waals surface area contributed by atoms with Gasteiger partial charge in [0, 0.05) is 18.2 Å². The van der Waals surface area contributed by atoms with Gasteiger partial charge in [0.05, 0.1) is 8.66 Å². The number of thiophene rings is 1. The minimum absolute atomic E-state index is 0.0668. The Balaban J connectivity index is 1.77. The number of nitrogens with two attached hydrogens (primary N) is 1. The van der Waals surface area contributed by atoms with Crippen molar-refractivity contribution in [1.29, 1.82) is 0 Å². The molecule has 22 heavy (non-hydrogen) atoms. The van der Waals surface area contributed by atoms with Crippen molar-refractivity contribution in [2.75, 3.05) is 0 Å². The van der Waals surface area contributed by atoms with E-state index in [1.54, 1.807) is 12.1 Å². The van der Waals surface area contributed by atoms with Crippen molar-refractivity contribution in [3.05, 3.63) is 56.2 Å². The van der Waals surface area contributed by atoms with Crippen LogP contribution in [0.4, 0.5) is 0 Å². The molecule has 0 spiro atoms. The van der Waals surface area contributed by atoms with Crippen LogP contribution >= 0.6 is 27.3 Å². The van der Waals surface area contributed by atoms with E-state index in [9.17, 15) is 9.59 Å². The van der Waals surface area contributed by atoms with Gasteiger partial charge >= 0.3 is 0 Å². The molecular weight excluding hydrogens is 364 g/mol. The number of hydrogen-bond acceptors (Lipinski definition) is 3. The van der Waals surface area contributed by atoms with Gasteiger partial charge in [-0.2, -0.15) is 0 Å². The summed E-state index contributed by atoms with van der Waals surface area (Å²) in [6, 6.07) is 11.2. The van der Waals surface area contributed by atoms with Crippen LogP contribution in [0.1, 0.15) is 38.4 Å². The molecule has 1 aliphatic rings. The fraction of sp³-hybridized carbons (Fsp3) is 0.250. The van der Waals surface area contributed by atoms with Crippen LogP contribution in [0.2, 0.25) is 0 Å². The van der Waals surface area contributed by atoms with E-state index in [4.69, 9.17) is 5.73 Å². The number of carbonyl (C=O) groups is 2. The molecule has 4 nitrogen and oxygen atoms in total. The molecule has 0 bridgehead atoms. The zero-order chi connectivity index (χ0) is 15.7. The van der Waals surface area contributed by atoms with Gasteiger partial charge in [0.1, 0.15) is 0 Å². The third kappa shape index (κ3) is 3.39. The normalized spacial score (nSPS) is 13.9. The smallest absolute Gasteiger partial charge is 0.264 e. The maximum Gasteiger partial charge on any atom is 0.264 e. The highest BCUT2D eigenvalue weighted by Crippen LogP contribution is 2.32. The van der Waals surface area contributed by atoms with Crippen molar-refractivity contribution < 1.29 is 9.59 Å². The second kappa shape index (κ2) is 6.22. The Labute approximate surface area is 141 Å². The SMILES string of the molecule is NC(=O)c1ccc(CN(C(=O)c2ccc(Br)s2)C2CC2)cc1. The van der Waals surface area contributed by atoms with Crippen molar-refractivity contribution in [2.24, 2.45) is 5.73 Å². The van der Waals surface area contributed by atoms with Crippen LogP contribution in [0, 0.1) is 0 Å².